The third kappa shape index (κ3) is 2.08. The fourth-order valence-electron chi connectivity index (χ4n) is 1.44. The zero-order chi connectivity index (χ0) is 12.6. The third-order valence-corrected chi connectivity index (χ3v) is 2.27. The summed E-state index contributed by atoms with van der Waals surface area (Å²) < 4.78 is 37.2. The maximum atomic E-state index is 12.4. The molecule has 7 heteroatoms. The standard InChI is InChI=1S/C10H8F3N3O/c1-14-9(17)6-2-5-3-8(10(11,12)13)15-4-7(5)16-6/h2-4,16H,1H3,(H,14,17). The highest BCUT2D eigenvalue weighted by atomic mass is 19.4. The molecule has 0 radical (unpaired) electrons. The number of pyridine rings is 1. The molecule has 0 aliphatic carbocycles. The van der Waals surface area contributed by atoms with Crippen LogP contribution in [-0.2, 0) is 6.18 Å². The van der Waals surface area contributed by atoms with Crippen molar-refractivity contribution < 1.29 is 18.0 Å². The van der Waals surface area contributed by atoms with Crippen LogP contribution in [0.2, 0.25) is 0 Å². The summed E-state index contributed by atoms with van der Waals surface area (Å²) in [4.78, 5) is 17.3. The van der Waals surface area contributed by atoms with Gasteiger partial charge in [-0.25, -0.2) is 4.98 Å². The summed E-state index contributed by atoms with van der Waals surface area (Å²) >= 11 is 0. The van der Waals surface area contributed by atoms with Crippen LogP contribution in [0.25, 0.3) is 10.9 Å². The Morgan fingerprint density at radius 1 is 1.41 bits per heavy atom. The van der Waals surface area contributed by atoms with Crippen LogP contribution in [0.5, 0.6) is 0 Å². The molecule has 17 heavy (non-hydrogen) atoms. The minimum atomic E-state index is -4.49. The molecule has 90 valence electrons. The summed E-state index contributed by atoms with van der Waals surface area (Å²) in [5.74, 6) is -0.394. The van der Waals surface area contributed by atoms with Crippen molar-refractivity contribution in [2.45, 2.75) is 6.18 Å². The second-order valence-electron chi connectivity index (χ2n) is 3.42. The average Bonchev–Trinajstić information content (AvgIpc) is 2.69. The Morgan fingerprint density at radius 2 is 2.12 bits per heavy atom. The number of rotatable bonds is 1. The molecule has 0 saturated heterocycles. The number of fused-ring (bicyclic) bond motifs is 1. The van der Waals surface area contributed by atoms with Crippen LogP contribution >= 0.6 is 0 Å². The number of aromatic nitrogens is 2. The van der Waals surface area contributed by atoms with E-state index in [9.17, 15) is 18.0 Å². The van der Waals surface area contributed by atoms with Crippen LogP contribution in [0.4, 0.5) is 13.2 Å². The predicted molar refractivity (Wildman–Crippen MR) is 54.5 cm³/mol. The van der Waals surface area contributed by atoms with Gasteiger partial charge in [-0.05, 0) is 12.1 Å². The van der Waals surface area contributed by atoms with E-state index in [0.29, 0.717) is 10.9 Å². The number of H-pyrrole nitrogens is 1. The monoisotopic (exact) mass is 243 g/mol. The molecule has 0 fully saturated rings. The largest absolute Gasteiger partial charge is 0.433 e. The topological polar surface area (TPSA) is 57.8 Å². The minimum Gasteiger partial charge on any atom is -0.354 e. The summed E-state index contributed by atoms with van der Waals surface area (Å²) in [6.07, 6.45) is -3.43. The summed E-state index contributed by atoms with van der Waals surface area (Å²) in [5, 5.41) is 2.67. The zero-order valence-electron chi connectivity index (χ0n) is 8.72. The number of amides is 1. The van der Waals surface area contributed by atoms with Gasteiger partial charge in [-0.3, -0.25) is 4.79 Å². The summed E-state index contributed by atoms with van der Waals surface area (Å²) in [7, 11) is 1.44. The average molecular weight is 243 g/mol. The van der Waals surface area contributed by atoms with Crippen molar-refractivity contribution in [1.29, 1.82) is 0 Å². The Bertz CT molecular complexity index is 574. The number of aromatic amines is 1. The highest BCUT2D eigenvalue weighted by molar-refractivity contribution is 5.97. The highest BCUT2D eigenvalue weighted by Gasteiger charge is 2.32. The summed E-state index contributed by atoms with van der Waals surface area (Å²) in [5.41, 5.74) is -0.396. The highest BCUT2D eigenvalue weighted by Crippen LogP contribution is 2.29. The van der Waals surface area contributed by atoms with E-state index in [1.807, 2.05) is 0 Å². The number of carbonyl (C=O) groups is 1. The first kappa shape index (κ1) is 11.4. The molecular weight excluding hydrogens is 235 g/mol. The second kappa shape index (κ2) is 3.76. The van der Waals surface area contributed by atoms with Gasteiger partial charge in [-0.1, -0.05) is 0 Å². The molecule has 2 N–H and O–H groups in total. The van der Waals surface area contributed by atoms with E-state index in [2.05, 4.69) is 15.3 Å². The van der Waals surface area contributed by atoms with Crippen LogP contribution in [0.3, 0.4) is 0 Å². The number of hydrogen-bond donors (Lipinski definition) is 2. The van der Waals surface area contributed by atoms with Crippen LogP contribution < -0.4 is 5.32 Å². The Labute approximate surface area is 93.8 Å². The lowest BCUT2D eigenvalue weighted by molar-refractivity contribution is -0.141. The van der Waals surface area contributed by atoms with Crippen molar-refractivity contribution in [3.8, 4) is 0 Å². The molecular formula is C10H8F3N3O. The van der Waals surface area contributed by atoms with Gasteiger partial charge in [0.1, 0.15) is 11.4 Å². The number of carbonyl (C=O) groups excluding carboxylic acids is 1. The van der Waals surface area contributed by atoms with Gasteiger partial charge in [0.05, 0.1) is 11.7 Å². The van der Waals surface area contributed by atoms with Crippen molar-refractivity contribution in [1.82, 2.24) is 15.3 Å². The first-order chi connectivity index (χ1) is 7.91. The quantitative estimate of drug-likeness (QED) is 0.804. The number of nitrogens with zero attached hydrogens (tertiary/aromatic N) is 1. The van der Waals surface area contributed by atoms with Crippen LogP contribution in [0.1, 0.15) is 16.2 Å². The second-order valence-corrected chi connectivity index (χ2v) is 3.42. The number of nitrogens with one attached hydrogen (secondary N) is 2. The maximum Gasteiger partial charge on any atom is 0.433 e. The van der Waals surface area contributed by atoms with Gasteiger partial charge < -0.3 is 10.3 Å². The van der Waals surface area contributed by atoms with E-state index in [1.54, 1.807) is 0 Å². The van der Waals surface area contributed by atoms with Gasteiger partial charge in [0.15, 0.2) is 0 Å². The number of alkyl halides is 3. The fourth-order valence-corrected chi connectivity index (χ4v) is 1.44. The number of halogens is 3. The molecule has 2 rings (SSSR count). The van der Waals surface area contributed by atoms with Crippen molar-refractivity contribution in [2.24, 2.45) is 0 Å². The van der Waals surface area contributed by atoms with E-state index in [4.69, 9.17) is 0 Å². The molecule has 0 saturated carbocycles. The van der Waals surface area contributed by atoms with Crippen LogP contribution in [0.15, 0.2) is 18.3 Å². The van der Waals surface area contributed by atoms with Gasteiger partial charge in [0.2, 0.25) is 0 Å². The molecule has 0 aliphatic rings. The van der Waals surface area contributed by atoms with E-state index in [1.165, 1.54) is 13.1 Å². The molecule has 0 spiro atoms. The Balaban J connectivity index is 2.52. The Morgan fingerprint density at radius 3 is 2.71 bits per heavy atom. The van der Waals surface area contributed by atoms with E-state index in [0.717, 1.165) is 12.3 Å². The maximum absolute atomic E-state index is 12.4. The fraction of sp³-hybridized carbons (Fsp3) is 0.200. The van der Waals surface area contributed by atoms with Gasteiger partial charge in [-0.2, -0.15) is 13.2 Å². The minimum absolute atomic E-state index is 0.198. The Kier molecular flexibility index (Phi) is 2.53. The molecule has 0 aromatic carbocycles. The van der Waals surface area contributed by atoms with E-state index < -0.39 is 17.8 Å². The molecule has 2 heterocycles. The third-order valence-electron chi connectivity index (χ3n) is 2.27. The molecule has 0 aliphatic heterocycles. The van der Waals surface area contributed by atoms with Crippen molar-refractivity contribution in [3.05, 3.63) is 29.7 Å². The lowest BCUT2D eigenvalue weighted by Crippen LogP contribution is -2.17. The molecule has 4 nitrogen and oxygen atoms in total. The molecule has 1 amide bonds. The molecule has 0 unspecified atom stereocenters. The SMILES string of the molecule is CNC(=O)c1cc2cc(C(F)(F)F)ncc2[nH]1. The van der Waals surface area contributed by atoms with Crippen molar-refractivity contribution >= 4 is 16.8 Å². The Hall–Kier alpha value is -2.05. The lowest BCUT2D eigenvalue weighted by atomic mass is 10.2. The van der Waals surface area contributed by atoms with Gasteiger partial charge in [0, 0.05) is 12.4 Å². The van der Waals surface area contributed by atoms with Crippen molar-refractivity contribution in [2.75, 3.05) is 7.05 Å². The zero-order valence-corrected chi connectivity index (χ0v) is 8.72. The van der Waals surface area contributed by atoms with Gasteiger partial charge in [0.25, 0.3) is 5.91 Å². The smallest absolute Gasteiger partial charge is 0.354 e. The lowest BCUT2D eigenvalue weighted by Gasteiger charge is -2.04. The molecule has 0 atom stereocenters. The molecule has 2 aromatic heterocycles. The van der Waals surface area contributed by atoms with Crippen LogP contribution in [0, 0.1) is 0 Å². The first-order valence-corrected chi connectivity index (χ1v) is 4.70. The van der Waals surface area contributed by atoms with E-state index in [-0.39, 0.29) is 5.69 Å². The van der Waals surface area contributed by atoms with E-state index >= 15 is 0 Å². The summed E-state index contributed by atoms with van der Waals surface area (Å²) in [6, 6.07) is 2.25. The van der Waals surface area contributed by atoms with Gasteiger partial charge in [-0.15, -0.1) is 0 Å². The summed E-state index contributed by atoms with van der Waals surface area (Å²) in [6.45, 7) is 0. The van der Waals surface area contributed by atoms with Gasteiger partial charge >= 0.3 is 6.18 Å². The number of hydrogen-bond acceptors (Lipinski definition) is 2. The first-order valence-electron chi connectivity index (χ1n) is 4.70. The predicted octanol–water partition coefficient (Wildman–Crippen LogP) is 1.94. The molecule has 0 bridgehead atoms. The normalized spacial score (nSPS) is 11.8. The van der Waals surface area contributed by atoms with Crippen LogP contribution in [-0.4, -0.2) is 22.9 Å². The van der Waals surface area contributed by atoms with Crippen molar-refractivity contribution in [3.63, 3.8) is 0 Å². The molecule has 2 aromatic rings.